The lowest BCUT2D eigenvalue weighted by Gasteiger charge is -2.20. The third kappa shape index (κ3) is 8.48. The first-order chi connectivity index (χ1) is 8.49. The Morgan fingerprint density at radius 2 is 1.94 bits per heavy atom. The number of hydrogen-bond acceptors (Lipinski definition) is 3. The van der Waals surface area contributed by atoms with Crippen molar-refractivity contribution < 1.29 is 4.79 Å². The highest BCUT2D eigenvalue weighted by Gasteiger charge is 2.11. The van der Waals surface area contributed by atoms with Gasteiger partial charge in [-0.05, 0) is 46.7 Å². The summed E-state index contributed by atoms with van der Waals surface area (Å²) in [6.45, 7) is 8.30. The molecule has 0 saturated carbocycles. The quantitative estimate of drug-likeness (QED) is 0.586. The van der Waals surface area contributed by atoms with E-state index in [2.05, 4.69) is 38.0 Å². The molecule has 3 N–H and O–H groups in total. The number of nitrogens with two attached hydrogens (primary N) is 1. The Morgan fingerprint density at radius 3 is 2.50 bits per heavy atom. The number of rotatable bonds is 10. The van der Waals surface area contributed by atoms with Gasteiger partial charge in [0.05, 0.1) is 6.04 Å². The summed E-state index contributed by atoms with van der Waals surface area (Å²) in [5.41, 5.74) is 5.79. The van der Waals surface area contributed by atoms with Crippen LogP contribution in [0.1, 0.15) is 52.9 Å². The SMILES string of the molecule is CCCC[C@H](N)C(=O)NCCCCN(C)C(C)C. The molecule has 1 atom stereocenters. The second-order valence-electron chi connectivity index (χ2n) is 5.32. The lowest BCUT2D eigenvalue weighted by molar-refractivity contribution is -0.122. The molecular weight excluding hydrogens is 226 g/mol. The van der Waals surface area contributed by atoms with Crippen molar-refractivity contribution in [3.05, 3.63) is 0 Å². The van der Waals surface area contributed by atoms with Gasteiger partial charge in [-0.1, -0.05) is 19.8 Å². The molecular formula is C14H31N3O. The molecule has 0 aliphatic heterocycles. The Kier molecular flexibility index (Phi) is 9.98. The van der Waals surface area contributed by atoms with Crippen molar-refractivity contribution in [2.45, 2.75) is 65.0 Å². The Labute approximate surface area is 112 Å². The second kappa shape index (κ2) is 10.3. The van der Waals surface area contributed by atoms with Crippen molar-refractivity contribution >= 4 is 5.91 Å². The van der Waals surface area contributed by atoms with Crippen molar-refractivity contribution in [2.75, 3.05) is 20.1 Å². The Bertz CT molecular complexity index is 219. The number of nitrogens with zero attached hydrogens (tertiary/aromatic N) is 1. The average molecular weight is 257 g/mol. The molecule has 0 saturated heterocycles. The van der Waals surface area contributed by atoms with Crippen LogP contribution in [0, 0.1) is 0 Å². The number of nitrogens with one attached hydrogen (secondary N) is 1. The molecule has 0 rings (SSSR count). The van der Waals surface area contributed by atoms with Gasteiger partial charge in [0.1, 0.15) is 0 Å². The van der Waals surface area contributed by atoms with Crippen molar-refractivity contribution in [1.82, 2.24) is 10.2 Å². The molecule has 0 aromatic rings. The first-order valence-corrected chi connectivity index (χ1v) is 7.22. The molecule has 0 aromatic heterocycles. The van der Waals surface area contributed by atoms with E-state index >= 15 is 0 Å². The zero-order chi connectivity index (χ0) is 14.0. The molecule has 0 heterocycles. The first kappa shape index (κ1) is 17.4. The number of unbranched alkanes of at least 4 members (excludes halogenated alkanes) is 2. The smallest absolute Gasteiger partial charge is 0.236 e. The molecule has 0 fully saturated rings. The molecule has 4 nitrogen and oxygen atoms in total. The van der Waals surface area contributed by atoms with Crippen LogP contribution in [-0.2, 0) is 4.79 Å². The zero-order valence-electron chi connectivity index (χ0n) is 12.5. The van der Waals surface area contributed by atoms with Crippen molar-refractivity contribution in [2.24, 2.45) is 5.73 Å². The van der Waals surface area contributed by atoms with E-state index in [-0.39, 0.29) is 11.9 Å². The van der Waals surface area contributed by atoms with Crippen LogP contribution in [0.3, 0.4) is 0 Å². The van der Waals surface area contributed by atoms with Gasteiger partial charge in [0.2, 0.25) is 5.91 Å². The fraction of sp³-hybridized carbons (Fsp3) is 0.929. The van der Waals surface area contributed by atoms with Gasteiger partial charge in [0.15, 0.2) is 0 Å². The molecule has 4 heteroatoms. The molecule has 0 bridgehead atoms. The summed E-state index contributed by atoms with van der Waals surface area (Å²) in [6, 6.07) is 0.255. The molecule has 0 aliphatic carbocycles. The average Bonchev–Trinajstić information content (AvgIpc) is 2.34. The fourth-order valence-corrected chi connectivity index (χ4v) is 1.64. The topological polar surface area (TPSA) is 58.4 Å². The predicted molar refractivity (Wildman–Crippen MR) is 77.5 cm³/mol. The van der Waals surface area contributed by atoms with E-state index in [1.165, 1.54) is 0 Å². The van der Waals surface area contributed by atoms with Crippen LogP contribution in [0.15, 0.2) is 0 Å². The second-order valence-corrected chi connectivity index (χ2v) is 5.32. The predicted octanol–water partition coefficient (Wildman–Crippen LogP) is 1.74. The lowest BCUT2D eigenvalue weighted by atomic mass is 10.1. The highest BCUT2D eigenvalue weighted by atomic mass is 16.2. The number of amides is 1. The van der Waals surface area contributed by atoms with E-state index in [0.29, 0.717) is 6.04 Å². The van der Waals surface area contributed by atoms with Gasteiger partial charge >= 0.3 is 0 Å². The van der Waals surface area contributed by atoms with Gasteiger partial charge < -0.3 is 16.0 Å². The van der Waals surface area contributed by atoms with E-state index in [0.717, 1.165) is 45.2 Å². The van der Waals surface area contributed by atoms with Crippen molar-refractivity contribution in [3.8, 4) is 0 Å². The van der Waals surface area contributed by atoms with Gasteiger partial charge in [-0.3, -0.25) is 4.79 Å². The summed E-state index contributed by atoms with van der Waals surface area (Å²) in [5, 5.41) is 2.91. The third-order valence-electron chi connectivity index (χ3n) is 3.32. The summed E-state index contributed by atoms with van der Waals surface area (Å²) >= 11 is 0. The third-order valence-corrected chi connectivity index (χ3v) is 3.32. The van der Waals surface area contributed by atoms with Gasteiger partial charge in [-0.25, -0.2) is 0 Å². The van der Waals surface area contributed by atoms with E-state index in [1.54, 1.807) is 0 Å². The monoisotopic (exact) mass is 257 g/mol. The zero-order valence-corrected chi connectivity index (χ0v) is 12.5. The fourth-order valence-electron chi connectivity index (χ4n) is 1.64. The molecule has 0 spiro atoms. The minimum absolute atomic E-state index is 0.000615. The van der Waals surface area contributed by atoms with Gasteiger partial charge in [-0.15, -0.1) is 0 Å². The minimum Gasteiger partial charge on any atom is -0.355 e. The van der Waals surface area contributed by atoms with E-state index in [1.807, 2.05) is 0 Å². The van der Waals surface area contributed by atoms with Crippen molar-refractivity contribution in [1.29, 1.82) is 0 Å². The van der Waals surface area contributed by atoms with E-state index in [9.17, 15) is 4.79 Å². The normalized spacial score (nSPS) is 13.1. The maximum Gasteiger partial charge on any atom is 0.236 e. The molecule has 0 aliphatic rings. The van der Waals surface area contributed by atoms with Crippen LogP contribution < -0.4 is 11.1 Å². The number of carbonyl (C=O) groups excluding carboxylic acids is 1. The molecule has 108 valence electrons. The molecule has 0 radical (unpaired) electrons. The van der Waals surface area contributed by atoms with Gasteiger partial charge in [-0.2, -0.15) is 0 Å². The molecule has 1 amide bonds. The van der Waals surface area contributed by atoms with Crippen molar-refractivity contribution in [3.63, 3.8) is 0 Å². The van der Waals surface area contributed by atoms with Crippen LogP contribution in [0.5, 0.6) is 0 Å². The maximum absolute atomic E-state index is 11.6. The van der Waals surface area contributed by atoms with Gasteiger partial charge in [0, 0.05) is 12.6 Å². The van der Waals surface area contributed by atoms with Crippen LogP contribution in [0.2, 0.25) is 0 Å². The molecule has 0 aromatic carbocycles. The summed E-state index contributed by atoms with van der Waals surface area (Å²) in [7, 11) is 2.13. The summed E-state index contributed by atoms with van der Waals surface area (Å²) < 4.78 is 0. The van der Waals surface area contributed by atoms with E-state index in [4.69, 9.17) is 5.73 Å². The van der Waals surface area contributed by atoms with E-state index < -0.39 is 0 Å². The number of carbonyl (C=O) groups is 1. The Balaban J connectivity index is 3.51. The largest absolute Gasteiger partial charge is 0.355 e. The Morgan fingerprint density at radius 1 is 1.28 bits per heavy atom. The Hall–Kier alpha value is -0.610. The molecule has 18 heavy (non-hydrogen) atoms. The maximum atomic E-state index is 11.6. The van der Waals surface area contributed by atoms with Gasteiger partial charge in [0.25, 0.3) is 0 Å². The lowest BCUT2D eigenvalue weighted by Crippen LogP contribution is -2.41. The highest BCUT2D eigenvalue weighted by molar-refractivity contribution is 5.81. The van der Waals surface area contributed by atoms with Crippen LogP contribution >= 0.6 is 0 Å². The highest BCUT2D eigenvalue weighted by Crippen LogP contribution is 1.99. The summed E-state index contributed by atoms with van der Waals surface area (Å²) in [5.74, 6) is 0.000615. The minimum atomic E-state index is -0.330. The summed E-state index contributed by atoms with van der Waals surface area (Å²) in [4.78, 5) is 13.9. The molecule has 0 unspecified atom stereocenters. The van der Waals surface area contributed by atoms with Crippen LogP contribution in [0.4, 0.5) is 0 Å². The van der Waals surface area contributed by atoms with Crippen LogP contribution in [0.25, 0.3) is 0 Å². The standard InChI is InChI=1S/C14H31N3O/c1-5-6-9-13(15)14(18)16-10-7-8-11-17(4)12(2)3/h12-13H,5-11,15H2,1-4H3,(H,16,18)/t13-/m0/s1. The first-order valence-electron chi connectivity index (χ1n) is 7.22. The van der Waals surface area contributed by atoms with Crippen LogP contribution in [-0.4, -0.2) is 43.0 Å². The summed E-state index contributed by atoms with van der Waals surface area (Å²) in [6.07, 6.45) is 5.02. The number of hydrogen-bond donors (Lipinski definition) is 2.